The van der Waals surface area contributed by atoms with Crippen LogP contribution in [0.2, 0.25) is 0 Å². The van der Waals surface area contributed by atoms with Crippen LogP contribution in [0.1, 0.15) is 12.8 Å². The van der Waals surface area contributed by atoms with Gasteiger partial charge in [0.1, 0.15) is 11.9 Å². The molecule has 0 saturated heterocycles. The van der Waals surface area contributed by atoms with E-state index in [1.807, 2.05) is 6.08 Å². The summed E-state index contributed by atoms with van der Waals surface area (Å²) >= 11 is 4.77. The van der Waals surface area contributed by atoms with Crippen LogP contribution in [-0.2, 0) is 9.08 Å². The summed E-state index contributed by atoms with van der Waals surface area (Å²) in [6.45, 7) is 0. The Labute approximate surface area is 52.3 Å². The Balaban J connectivity index is 2.47. The minimum atomic E-state index is -0.405. The average molecular weight is 133 g/mol. The van der Waals surface area contributed by atoms with E-state index in [1.165, 1.54) is 0 Å². The summed E-state index contributed by atoms with van der Waals surface area (Å²) in [4.78, 5) is 10.4. The van der Waals surface area contributed by atoms with Gasteiger partial charge in [-0.1, -0.05) is 6.08 Å². The van der Waals surface area contributed by atoms with Crippen molar-refractivity contribution < 1.29 is 9.08 Å². The highest BCUT2D eigenvalue weighted by molar-refractivity contribution is 6.15. The van der Waals surface area contributed by atoms with E-state index >= 15 is 0 Å². The minimum absolute atomic E-state index is 0.405. The molecule has 0 aliphatic heterocycles. The van der Waals surface area contributed by atoms with Crippen LogP contribution in [0, 0.1) is 0 Å². The molecule has 0 amide bonds. The van der Waals surface area contributed by atoms with E-state index in [4.69, 9.17) is 11.9 Å². The zero-order valence-corrected chi connectivity index (χ0v) is 4.94. The lowest BCUT2D eigenvalue weighted by atomic mass is 10.00. The number of allylic oxidation sites excluding steroid dienone is 1. The standard InChI is InChI=1S/C5H5ClO2/c6-8-5(7)4-2-1-3-4/h2H,1,3H2. The number of hydrogen-bond donors (Lipinski definition) is 0. The molecular weight excluding hydrogens is 128 g/mol. The summed E-state index contributed by atoms with van der Waals surface area (Å²) in [6, 6.07) is 0. The molecule has 2 nitrogen and oxygen atoms in total. The Morgan fingerprint density at radius 2 is 2.50 bits per heavy atom. The summed E-state index contributed by atoms with van der Waals surface area (Å²) < 4.78 is 3.92. The summed E-state index contributed by atoms with van der Waals surface area (Å²) in [5, 5.41) is 0. The van der Waals surface area contributed by atoms with E-state index in [-0.39, 0.29) is 0 Å². The van der Waals surface area contributed by atoms with Gasteiger partial charge in [0.05, 0.1) is 0 Å². The normalized spacial score (nSPS) is 16.4. The molecule has 1 aliphatic rings. The average Bonchev–Trinajstić information content (AvgIpc) is 1.62. The number of halogens is 1. The van der Waals surface area contributed by atoms with Gasteiger partial charge >= 0.3 is 5.97 Å². The van der Waals surface area contributed by atoms with Gasteiger partial charge < -0.3 is 4.29 Å². The maximum absolute atomic E-state index is 10.4. The van der Waals surface area contributed by atoms with Gasteiger partial charge in [0.25, 0.3) is 0 Å². The van der Waals surface area contributed by atoms with Crippen molar-refractivity contribution in [1.82, 2.24) is 0 Å². The van der Waals surface area contributed by atoms with Crippen molar-refractivity contribution >= 4 is 17.8 Å². The first-order valence-corrected chi connectivity index (χ1v) is 2.67. The van der Waals surface area contributed by atoms with E-state index in [0.29, 0.717) is 5.57 Å². The monoisotopic (exact) mass is 132 g/mol. The highest BCUT2D eigenvalue weighted by atomic mass is 35.5. The molecule has 1 rings (SSSR count). The van der Waals surface area contributed by atoms with Crippen LogP contribution in [0.5, 0.6) is 0 Å². The third kappa shape index (κ3) is 0.842. The zero-order valence-electron chi connectivity index (χ0n) is 4.19. The lowest BCUT2D eigenvalue weighted by Gasteiger charge is -2.08. The van der Waals surface area contributed by atoms with E-state index < -0.39 is 5.97 Å². The maximum Gasteiger partial charge on any atom is 0.351 e. The molecule has 0 atom stereocenters. The highest BCUT2D eigenvalue weighted by Crippen LogP contribution is 2.19. The first kappa shape index (κ1) is 5.63. The lowest BCUT2D eigenvalue weighted by Crippen LogP contribution is -2.07. The van der Waals surface area contributed by atoms with Gasteiger partial charge in [-0.15, -0.1) is 0 Å². The summed E-state index contributed by atoms with van der Waals surface area (Å²) in [7, 11) is 0. The van der Waals surface area contributed by atoms with E-state index in [9.17, 15) is 4.79 Å². The molecule has 0 aromatic carbocycles. The number of rotatable bonds is 1. The van der Waals surface area contributed by atoms with Crippen molar-refractivity contribution in [3.63, 3.8) is 0 Å². The van der Waals surface area contributed by atoms with Crippen LogP contribution in [0.3, 0.4) is 0 Å². The molecule has 8 heavy (non-hydrogen) atoms. The molecule has 0 fully saturated rings. The van der Waals surface area contributed by atoms with Crippen LogP contribution >= 0.6 is 11.9 Å². The Bertz CT molecular complexity index is 139. The Morgan fingerprint density at radius 1 is 1.88 bits per heavy atom. The van der Waals surface area contributed by atoms with Crippen molar-refractivity contribution in [3.05, 3.63) is 11.6 Å². The highest BCUT2D eigenvalue weighted by Gasteiger charge is 2.14. The maximum atomic E-state index is 10.4. The van der Waals surface area contributed by atoms with Crippen molar-refractivity contribution in [1.29, 1.82) is 0 Å². The van der Waals surface area contributed by atoms with Crippen molar-refractivity contribution in [2.24, 2.45) is 0 Å². The topological polar surface area (TPSA) is 26.3 Å². The molecule has 0 heterocycles. The smallest absolute Gasteiger partial charge is 0.343 e. The van der Waals surface area contributed by atoms with E-state index in [2.05, 4.69) is 4.29 Å². The predicted molar refractivity (Wildman–Crippen MR) is 29.3 cm³/mol. The largest absolute Gasteiger partial charge is 0.351 e. The molecule has 0 bridgehead atoms. The van der Waals surface area contributed by atoms with Crippen molar-refractivity contribution in [2.75, 3.05) is 0 Å². The van der Waals surface area contributed by atoms with Gasteiger partial charge in [0, 0.05) is 5.57 Å². The summed E-state index contributed by atoms with van der Waals surface area (Å²) in [6.07, 6.45) is 3.59. The first-order chi connectivity index (χ1) is 3.84. The Kier molecular flexibility index (Phi) is 1.53. The van der Waals surface area contributed by atoms with Crippen molar-refractivity contribution in [3.8, 4) is 0 Å². The molecule has 0 radical (unpaired) electrons. The third-order valence-electron chi connectivity index (χ3n) is 1.14. The molecule has 0 aromatic rings. The Hall–Kier alpha value is -0.500. The molecular formula is C5H5ClO2. The molecule has 0 spiro atoms. The van der Waals surface area contributed by atoms with Crippen LogP contribution in [0.15, 0.2) is 11.6 Å². The van der Waals surface area contributed by atoms with Gasteiger partial charge in [-0.3, -0.25) is 0 Å². The molecule has 1 aliphatic carbocycles. The molecule has 0 saturated carbocycles. The summed E-state index contributed by atoms with van der Waals surface area (Å²) in [5.41, 5.74) is 0.694. The first-order valence-electron chi connectivity index (χ1n) is 2.36. The number of carbonyl (C=O) groups is 1. The fourth-order valence-corrected chi connectivity index (χ4v) is 0.623. The third-order valence-corrected chi connectivity index (χ3v) is 1.28. The quantitative estimate of drug-likeness (QED) is 0.539. The van der Waals surface area contributed by atoms with E-state index in [1.54, 1.807) is 0 Å². The molecule has 0 N–H and O–H groups in total. The second-order valence-electron chi connectivity index (χ2n) is 1.63. The van der Waals surface area contributed by atoms with Gasteiger partial charge in [0.2, 0.25) is 0 Å². The van der Waals surface area contributed by atoms with Gasteiger partial charge in [-0.25, -0.2) is 4.79 Å². The van der Waals surface area contributed by atoms with Gasteiger partial charge in [-0.05, 0) is 12.8 Å². The minimum Gasteiger partial charge on any atom is -0.343 e. The SMILES string of the molecule is O=C(OCl)C1=CCC1. The van der Waals surface area contributed by atoms with Crippen molar-refractivity contribution in [2.45, 2.75) is 12.8 Å². The predicted octanol–water partition coefficient (Wildman–Crippen LogP) is 1.40. The molecule has 44 valence electrons. The Morgan fingerprint density at radius 3 is 2.62 bits per heavy atom. The summed E-state index contributed by atoms with van der Waals surface area (Å²) in [5.74, 6) is -0.405. The fourth-order valence-electron chi connectivity index (χ4n) is 0.524. The van der Waals surface area contributed by atoms with Gasteiger partial charge in [0.15, 0.2) is 0 Å². The number of hydrogen-bond acceptors (Lipinski definition) is 2. The van der Waals surface area contributed by atoms with Crippen LogP contribution in [-0.4, -0.2) is 5.97 Å². The zero-order chi connectivity index (χ0) is 5.98. The van der Waals surface area contributed by atoms with Crippen LogP contribution in [0.4, 0.5) is 0 Å². The molecule has 0 aromatic heterocycles. The second-order valence-corrected chi connectivity index (χ2v) is 1.79. The lowest BCUT2D eigenvalue weighted by molar-refractivity contribution is -0.130. The molecule has 3 heteroatoms. The fraction of sp³-hybridized carbons (Fsp3) is 0.400. The van der Waals surface area contributed by atoms with Crippen LogP contribution < -0.4 is 0 Å². The van der Waals surface area contributed by atoms with Crippen LogP contribution in [0.25, 0.3) is 0 Å². The number of carbonyl (C=O) groups excluding carboxylic acids is 1. The van der Waals surface area contributed by atoms with Gasteiger partial charge in [-0.2, -0.15) is 0 Å². The molecule has 0 unspecified atom stereocenters. The van der Waals surface area contributed by atoms with E-state index in [0.717, 1.165) is 12.8 Å². The second kappa shape index (κ2) is 2.18.